The van der Waals surface area contributed by atoms with Crippen molar-refractivity contribution in [2.24, 2.45) is 0 Å². The monoisotopic (exact) mass is 522 g/mol. The second-order valence-electron chi connectivity index (χ2n) is 9.10. The van der Waals surface area contributed by atoms with Crippen LogP contribution in [0, 0.1) is 0 Å². The minimum absolute atomic E-state index is 0.0687. The van der Waals surface area contributed by atoms with Gasteiger partial charge in [-0.2, -0.15) is 0 Å². The second kappa shape index (κ2) is 11.8. The molecule has 2 heterocycles. The molecular formula is C26H34O11. The highest BCUT2D eigenvalue weighted by atomic mass is 16.7. The van der Waals surface area contributed by atoms with Gasteiger partial charge in [-0.25, -0.2) is 0 Å². The zero-order chi connectivity index (χ0) is 26.7. The standard InChI is InChI=1S/C26H34O11/c1-33-18-10-14(5-6-17(18)35-26-23(32)22(31)21(30)20(12-29)36-26)24-16(11-28)15-8-13(4-3-7-27)9-19(34-2)25(15)37-24/h5-6,8-10,16,20-24,26-32H,3-4,7,11-12H2,1-2H3/t16-,20+,21+,22-,23+,24+,26-/m0/s1. The molecule has 0 aromatic heterocycles. The molecule has 1 saturated heterocycles. The Morgan fingerprint density at radius 1 is 0.838 bits per heavy atom. The first kappa shape index (κ1) is 27.4. The van der Waals surface area contributed by atoms with Crippen LogP contribution in [0.1, 0.15) is 35.1 Å². The fourth-order valence-electron chi connectivity index (χ4n) is 4.78. The van der Waals surface area contributed by atoms with Gasteiger partial charge >= 0.3 is 0 Å². The van der Waals surface area contributed by atoms with Crippen LogP contribution in [0.5, 0.6) is 23.0 Å². The van der Waals surface area contributed by atoms with Crippen molar-refractivity contribution in [2.75, 3.05) is 34.0 Å². The van der Waals surface area contributed by atoms with E-state index in [4.69, 9.17) is 23.7 Å². The number of fused-ring (bicyclic) bond motifs is 1. The molecule has 6 N–H and O–H groups in total. The predicted octanol–water partition coefficient (Wildman–Crippen LogP) is 0.0170. The van der Waals surface area contributed by atoms with Gasteiger partial charge < -0.3 is 54.3 Å². The Morgan fingerprint density at radius 3 is 2.24 bits per heavy atom. The molecule has 0 amide bonds. The Labute approximate surface area is 214 Å². The molecule has 0 spiro atoms. The van der Waals surface area contributed by atoms with Crippen molar-refractivity contribution in [2.45, 2.75) is 55.6 Å². The number of benzene rings is 2. The lowest BCUT2D eigenvalue weighted by molar-refractivity contribution is -0.277. The van der Waals surface area contributed by atoms with Crippen molar-refractivity contribution >= 4 is 0 Å². The fraction of sp³-hybridized carbons (Fsp3) is 0.538. The van der Waals surface area contributed by atoms with Crippen LogP contribution >= 0.6 is 0 Å². The van der Waals surface area contributed by atoms with Gasteiger partial charge in [-0.15, -0.1) is 0 Å². The minimum Gasteiger partial charge on any atom is -0.493 e. The number of aryl methyl sites for hydroxylation is 1. The van der Waals surface area contributed by atoms with Crippen molar-refractivity contribution in [1.29, 1.82) is 0 Å². The first-order valence-electron chi connectivity index (χ1n) is 12.1. The fourth-order valence-corrected chi connectivity index (χ4v) is 4.78. The second-order valence-corrected chi connectivity index (χ2v) is 9.10. The van der Waals surface area contributed by atoms with Crippen molar-refractivity contribution in [1.82, 2.24) is 0 Å². The van der Waals surface area contributed by atoms with Gasteiger partial charge in [-0.1, -0.05) is 12.1 Å². The van der Waals surface area contributed by atoms with Gasteiger partial charge in [0.25, 0.3) is 0 Å². The predicted molar refractivity (Wildman–Crippen MR) is 129 cm³/mol. The minimum atomic E-state index is -1.57. The summed E-state index contributed by atoms with van der Waals surface area (Å²) in [6, 6.07) is 8.81. The van der Waals surface area contributed by atoms with Crippen LogP contribution in [-0.4, -0.2) is 95.4 Å². The molecule has 11 heteroatoms. The summed E-state index contributed by atoms with van der Waals surface area (Å²) >= 11 is 0. The van der Waals surface area contributed by atoms with Crippen LogP contribution in [0.15, 0.2) is 30.3 Å². The molecular weight excluding hydrogens is 488 g/mol. The Bertz CT molecular complexity index is 1060. The van der Waals surface area contributed by atoms with E-state index in [1.54, 1.807) is 25.3 Å². The molecule has 2 aromatic rings. The van der Waals surface area contributed by atoms with E-state index >= 15 is 0 Å². The zero-order valence-corrected chi connectivity index (χ0v) is 20.7. The molecule has 204 valence electrons. The van der Waals surface area contributed by atoms with Crippen molar-refractivity contribution < 1.29 is 54.3 Å². The van der Waals surface area contributed by atoms with Crippen LogP contribution in [0.2, 0.25) is 0 Å². The van der Waals surface area contributed by atoms with E-state index in [-0.39, 0.29) is 30.6 Å². The summed E-state index contributed by atoms with van der Waals surface area (Å²) in [5.74, 6) is 1.16. The summed E-state index contributed by atoms with van der Waals surface area (Å²) in [6.45, 7) is -0.691. The van der Waals surface area contributed by atoms with Crippen LogP contribution in [-0.2, 0) is 11.2 Å². The van der Waals surface area contributed by atoms with Gasteiger partial charge in [-0.3, -0.25) is 0 Å². The van der Waals surface area contributed by atoms with E-state index in [1.807, 2.05) is 12.1 Å². The molecule has 2 aliphatic rings. The number of aliphatic hydroxyl groups excluding tert-OH is 6. The molecule has 37 heavy (non-hydrogen) atoms. The quantitative estimate of drug-likeness (QED) is 0.249. The van der Waals surface area contributed by atoms with E-state index in [9.17, 15) is 30.6 Å². The summed E-state index contributed by atoms with van der Waals surface area (Å²) in [5.41, 5.74) is 2.46. The molecule has 0 saturated carbocycles. The van der Waals surface area contributed by atoms with Crippen LogP contribution in [0.3, 0.4) is 0 Å². The highest BCUT2D eigenvalue weighted by Gasteiger charge is 2.45. The molecule has 0 radical (unpaired) electrons. The van der Waals surface area contributed by atoms with Gasteiger partial charge in [0.1, 0.15) is 30.5 Å². The maximum atomic E-state index is 10.3. The third kappa shape index (κ3) is 5.34. The van der Waals surface area contributed by atoms with Crippen molar-refractivity contribution in [3.63, 3.8) is 0 Å². The molecule has 2 aliphatic heterocycles. The summed E-state index contributed by atoms with van der Waals surface area (Å²) in [5, 5.41) is 59.2. The summed E-state index contributed by atoms with van der Waals surface area (Å²) in [6.07, 6.45) is -6.42. The highest BCUT2D eigenvalue weighted by Crippen LogP contribution is 2.51. The number of aliphatic hydroxyl groups is 6. The first-order chi connectivity index (χ1) is 17.9. The molecule has 11 nitrogen and oxygen atoms in total. The van der Waals surface area contributed by atoms with E-state index < -0.39 is 43.4 Å². The average Bonchev–Trinajstić information content (AvgIpc) is 3.30. The van der Waals surface area contributed by atoms with Gasteiger partial charge in [0, 0.05) is 12.2 Å². The number of hydrogen-bond donors (Lipinski definition) is 6. The third-order valence-electron chi connectivity index (χ3n) is 6.80. The summed E-state index contributed by atoms with van der Waals surface area (Å²) < 4.78 is 28.5. The number of ether oxygens (including phenoxy) is 5. The first-order valence-corrected chi connectivity index (χ1v) is 12.1. The number of methoxy groups -OCH3 is 2. The SMILES string of the molecule is COc1cc([C@H]2Oc3c(OC)cc(CCCO)cc3[C@@H]2CO)ccc1O[C@H]1O[C@H](CO)[C@@H](O)[C@H](O)[C@H]1O. The van der Waals surface area contributed by atoms with Crippen LogP contribution in [0.25, 0.3) is 0 Å². The van der Waals surface area contributed by atoms with E-state index in [1.165, 1.54) is 7.11 Å². The van der Waals surface area contributed by atoms with Gasteiger partial charge in [0.05, 0.1) is 33.4 Å². The highest BCUT2D eigenvalue weighted by molar-refractivity contribution is 5.56. The largest absolute Gasteiger partial charge is 0.493 e. The lowest BCUT2D eigenvalue weighted by Gasteiger charge is -2.39. The molecule has 7 atom stereocenters. The smallest absolute Gasteiger partial charge is 0.229 e. The Morgan fingerprint density at radius 2 is 1.59 bits per heavy atom. The van der Waals surface area contributed by atoms with Crippen LogP contribution in [0.4, 0.5) is 0 Å². The Kier molecular flexibility index (Phi) is 8.75. The van der Waals surface area contributed by atoms with Crippen molar-refractivity contribution in [3.05, 3.63) is 47.0 Å². The lowest BCUT2D eigenvalue weighted by Crippen LogP contribution is -2.60. The maximum absolute atomic E-state index is 10.3. The molecule has 4 rings (SSSR count). The van der Waals surface area contributed by atoms with Gasteiger partial charge in [0.2, 0.25) is 6.29 Å². The number of hydrogen-bond acceptors (Lipinski definition) is 11. The molecule has 0 unspecified atom stereocenters. The topological polar surface area (TPSA) is 168 Å². The number of rotatable bonds is 10. The Hall–Kier alpha value is -2.64. The molecule has 0 aliphatic carbocycles. The van der Waals surface area contributed by atoms with E-state index in [2.05, 4.69) is 0 Å². The van der Waals surface area contributed by atoms with E-state index in [0.717, 1.165) is 11.1 Å². The third-order valence-corrected chi connectivity index (χ3v) is 6.80. The lowest BCUT2D eigenvalue weighted by atomic mass is 9.90. The van der Waals surface area contributed by atoms with Gasteiger partial charge in [0.15, 0.2) is 23.0 Å². The zero-order valence-electron chi connectivity index (χ0n) is 20.7. The van der Waals surface area contributed by atoms with Gasteiger partial charge in [-0.05, 0) is 42.2 Å². The van der Waals surface area contributed by atoms with E-state index in [0.29, 0.717) is 29.9 Å². The molecule has 0 bridgehead atoms. The molecule has 2 aromatic carbocycles. The summed E-state index contributed by atoms with van der Waals surface area (Å²) in [7, 11) is 2.98. The maximum Gasteiger partial charge on any atom is 0.229 e. The molecule has 1 fully saturated rings. The summed E-state index contributed by atoms with van der Waals surface area (Å²) in [4.78, 5) is 0. The van der Waals surface area contributed by atoms with Crippen molar-refractivity contribution in [3.8, 4) is 23.0 Å². The van der Waals surface area contributed by atoms with Crippen LogP contribution < -0.4 is 18.9 Å². The Balaban J connectivity index is 1.60. The average molecular weight is 523 g/mol. The normalized spacial score (nSPS) is 28.9.